The number of aliphatic imine (C=N–C) groups is 1. The first-order chi connectivity index (χ1) is 12.4. The summed E-state index contributed by atoms with van der Waals surface area (Å²) in [7, 11) is -3.51. The Bertz CT molecular complexity index is 1030. The van der Waals surface area contributed by atoms with Crippen molar-refractivity contribution in [2.75, 3.05) is 0 Å². The van der Waals surface area contributed by atoms with Gasteiger partial charge in [-0.05, 0) is 50.8 Å². The number of hydrogen-bond acceptors (Lipinski definition) is 5. The van der Waals surface area contributed by atoms with Gasteiger partial charge in [-0.25, -0.2) is 13.1 Å². The van der Waals surface area contributed by atoms with Crippen LogP contribution in [0.2, 0.25) is 0 Å². The molecule has 8 heteroatoms. The van der Waals surface area contributed by atoms with Gasteiger partial charge < -0.3 is 0 Å². The quantitative estimate of drug-likeness (QED) is 0.869. The molecule has 0 saturated heterocycles. The van der Waals surface area contributed by atoms with Crippen LogP contribution in [-0.2, 0) is 10.0 Å². The van der Waals surface area contributed by atoms with Crippen LogP contribution in [0.4, 0.5) is 0 Å². The molecule has 0 atom stereocenters. The van der Waals surface area contributed by atoms with E-state index < -0.39 is 10.0 Å². The van der Waals surface area contributed by atoms with E-state index in [4.69, 9.17) is 0 Å². The molecule has 4 rings (SSSR count). The lowest BCUT2D eigenvalue weighted by atomic mass is 9.91. The predicted molar refractivity (Wildman–Crippen MR) is 97.8 cm³/mol. The molecule has 1 N–H and O–H groups in total. The predicted octanol–water partition coefficient (Wildman–Crippen LogP) is 1.77. The molecule has 2 aliphatic rings. The molecular weight excluding hydrogens is 352 g/mol. The number of nitrogens with zero attached hydrogens (tertiary/aromatic N) is 3. The lowest BCUT2D eigenvalue weighted by molar-refractivity contribution is 0.295. The summed E-state index contributed by atoms with van der Waals surface area (Å²) in [4.78, 5) is 17.0. The Morgan fingerprint density at radius 1 is 1.12 bits per heavy atom. The minimum absolute atomic E-state index is 0.0376. The van der Waals surface area contributed by atoms with Gasteiger partial charge in [0, 0.05) is 11.6 Å². The molecule has 1 saturated carbocycles. The average Bonchev–Trinajstić information content (AvgIpc) is 2.89. The number of aromatic nitrogens is 2. The lowest BCUT2D eigenvalue weighted by Crippen LogP contribution is -2.31. The van der Waals surface area contributed by atoms with Crippen LogP contribution in [0.15, 0.2) is 51.1 Å². The molecule has 0 amide bonds. The third-order valence-electron chi connectivity index (χ3n) is 4.94. The van der Waals surface area contributed by atoms with E-state index in [1.807, 2.05) is 13.0 Å². The van der Waals surface area contributed by atoms with Crippen molar-refractivity contribution in [2.24, 2.45) is 4.99 Å². The first-order valence-electron chi connectivity index (χ1n) is 8.70. The highest BCUT2D eigenvalue weighted by atomic mass is 32.2. The number of nitrogens with one attached hydrogen (secondary N) is 1. The van der Waals surface area contributed by atoms with Crippen LogP contribution in [-0.4, -0.2) is 30.1 Å². The van der Waals surface area contributed by atoms with Gasteiger partial charge in [-0.3, -0.25) is 14.5 Å². The van der Waals surface area contributed by atoms with E-state index in [0.29, 0.717) is 11.4 Å². The molecule has 1 aliphatic carbocycles. The summed E-state index contributed by atoms with van der Waals surface area (Å²) in [5, 5.41) is 4.35. The van der Waals surface area contributed by atoms with Gasteiger partial charge in [-0.2, -0.15) is 5.10 Å². The number of fused-ring (bicyclic) bond motifs is 1. The summed E-state index contributed by atoms with van der Waals surface area (Å²) >= 11 is 0. The van der Waals surface area contributed by atoms with E-state index >= 15 is 0 Å². The molecule has 26 heavy (non-hydrogen) atoms. The maximum Gasteiger partial charge on any atom is 0.267 e. The zero-order valence-electron chi connectivity index (χ0n) is 14.4. The number of amidine groups is 1. The second kappa shape index (κ2) is 6.35. The number of hydrogen-bond donors (Lipinski definition) is 1. The van der Waals surface area contributed by atoms with Crippen molar-refractivity contribution in [1.82, 2.24) is 14.5 Å². The second-order valence-corrected chi connectivity index (χ2v) is 8.45. The van der Waals surface area contributed by atoms with Crippen molar-refractivity contribution in [1.29, 1.82) is 0 Å². The van der Waals surface area contributed by atoms with Crippen molar-refractivity contribution in [3.05, 3.63) is 58.0 Å². The van der Waals surface area contributed by atoms with Gasteiger partial charge in [0.2, 0.25) is 0 Å². The highest BCUT2D eigenvalue weighted by Crippen LogP contribution is 2.30. The summed E-state index contributed by atoms with van der Waals surface area (Å²) in [6, 6.07) is 10.3. The Hall–Kier alpha value is -2.48. The standard InChI is InChI=1S/C18H20N4O3S/c1-12-6-11-17(23)22(20-12)14-9-7-13(8-10-14)19-18-15-4-2-3-5-16(15)26(24,25)21-18/h2-6,11,13-14H,7-10H2,1H3,(H,19,21). The van der Waals surface area contributed by atoms with Crippen molar-refractivity contribution in [2.45, 2.75) is 49.6 Å². The molecule has 2 aromatic rings. The molecule has 0 unspecified atom stereocenters. The van der Waals surface area contributed by atoms with Crippen LogP contribution in [0.3, 0.4) is 0 Å². The van der Waals surface area contributed by atoms with E-state index in [9.17, 15) is 13.2 Å². The van der Waals surface area contributed by atoms with Gasteiger partial charge in [0.05, 0.1) is 22.7 Å². The third-order valence-corrected chi connectivity index (χ3v) is 6.34. The van der Waals surface area contributed by atoms with E-state index in [2.05, 4.69) is 14.8 Å². The molecule has 136 valence electrons. The van der Waals surface area contributed by atoms with Crippen LogP contribution >= 0.6 is 0 Å². The zero-order chi connectivity index (χ0) is 18.3. The van der Waals surface area contributed by atoms with Gasteiger partial charge in [-0.15, -0.1) is 0 Å². The van der Waals surface area contributed by atoms with Crippen LogP contribution < -0.4 is 10.3 Å². The summed E-state index contributed by atoms with van der Waals surface area (Å²) in [6.07, 6.45) is 3.18. The van der Waals surface area contributed by atoms with Crippen LogP contribution in [0, 0.1) is 6.92 Å². The van der Waals surface area contributed by atoms with Crippen LogP contribution in [0.1, 0.15) is 43.0 Å². The Morgan fingerprint density at radius 3 is 2.62 bits per heavy atom. The molecule has 0 spiro atoms. The molecule has 1 aliphatic heterocycles. The highest BCUT2D eigenvalue weighted by Gasteiger charge is 2.31. The van der Waals surface area contributed by atoms with Gasteiger partial charge in [0.1, 0.15) is 5.84 Å². The summed E-state index contributed by atoms with van der Waals surface area (Å²) in [5.41, 5.74) is 1.37. The Kier molecular flexibility index (Phi) is 4.14. The minimum Gasteiger partial charge on any atom is -0.268 e. The Morgan fingerprint density at radius 2 is 1.85 bits per heavy atom. The largest absolute Gasteiger partial charge is 0.268 e. The van der Waals surface area contributed by atoms with Crippen molar-refractivity contribution in [3.63, 3.8) is 0 Å². The smallest absolute Gasteiger partial charge is 0.267 e. The lowest BCUT2D eigenvalue weighted by Gasteiger charge is -2.27. The van der Waals surface area contributed by atoms with Crippen molar-refractivity contribution in [3.8, 4) is 0 Å². The molecule has 2 heterocycles. The van der Waals surface area contributed by atoms with Crippen molar-refractivity contribution < 1.29 is 8.42 Å². The van der Waals surface area contributed by atoms with Crippen molar-refractivity contribution >= 4 is 15.9 Å². The Balaban J connectivity index is 1.52. The number of sulfonamides is 1. The SMILES string of the molecule is Cc1ccc(=O)n(C2CCC(N=C3NS(=O)(=O)c4ccccc43)CC2)n1. The van der Waals surface area contributed by atoms with Crippen LogP contribution in [0.5, 0.6) is 0 Å². The molecular formula is C18H20N4O3S. The van der Waals surface area contributed by atoms with E-state index in [-0.39, 0.29) is 22.5 Å². The molecule has 0 bridgehead atoms. The van der Waals surface area contributed by atoms with Gasteiger partial charge in [0.25, 0.3) is 15.6 Å². The highest BCUT2D eigenvalue weighted by molar-refractivity contribution is 7.90. The molecule has 0 radical (unpaired) electrons. The number of benzene rings is 1. The molecule has 1 fully saturated rings. The van der Waals surface area contributed by atoms with Crippen LogP contribution in [0.25, 0.3) is 0 Å². The zero-order valence-corrected chi connectivity index (χ0v) is 15.2. The van der Waals surface area contributed by atoms with Gasteiger partial charge in [0.15, 0.2) is 0 Å². The molecule has 1 aromatic heterocycles. The first-order valence-corrected chi connectivity index (χ1v) is 10.2. The number of aryl methyl sites for hydroxylation is 1. The normalized spacial score (nSPS) is 25.7. The molecule has 7 nitrogen and oxygen atoms in total. The maximum atomic E-state index is 12.2. The fourth-order valence-corrected chi connectivity index (χ4v) is 4.87. The fourth-order valence-electron chi connectivity index (χ4n) is 3.63. The van der Waals surface area contributed by atoms with E-state index in [1.165, 1.54) is 0 Å². The Labute approximate surface area is 151 Å². The third kappa shape index (κ3) is 3.05. The summed E-state index contributed by atoms with van der Waals surface area (Å²) < 4.78 is 28.5. The fraction of sp³-hybridized carbons (Fsp3) is 0.389. The number of rotatable bonds is 2. The minimum atomic E-state index is -3.51. The topological polar surface area (TPSA) is 93.4 Å². The van der Waals surface area contributed by atoms with Gasteiger partial charge >= 0.3 is 0 Å². The summed E-state index contributed by atoms with van der Waals surface area (Å²) in [6.45, 7) is 1.87. The average molecular weight is 372 g/mol. The second-order valence-electron chi connectivity index (χ2n) is 6.80. The van der Waals surface area contributed by atoms with E-state index in [1.54, 1.807) is 35.0 Å². The summed E-state index contributed by atoms with van der Waals surface area (Å²) in [5.74, 6) is 0.426. The molecule has 1 aromatic carbocycles. The van der Waals surface area contributed by atoms with E-state index in [0.717, 1.165) is 31.4 Å². The van der Waals surface area contributed by atoms with Gasteiger partial charge in [-0.1, -0.05) is 12.1 Å². The maximum absolute atomic E-state index is 12.2. The first kappa shape index (κ1) is 17.0. The monoisotopic (exact) mass is 372 g/mol.